The van der Waals surface area contributed by atoms with Crippen LogP contribution in [0.1, 0.15) is 30.6 Å². The number of amides is 1. The number of hydrogen-bond acceptors (Lipinski definition) is 5. The quantitative estimate of drug-likeness (QED) is 0.780. The van der Waals surface area contributed by atoms with Crippen molar-refractivity contribution in [1.82, 2.24) is 5.32 Å². The lowest BCUT2D eigenvalue weighted by atomic mass is 10.1. The molecule has 0 aromatic heterocycles. The number of benzene rings is 1. The van der Waals surface area contributed by atoms with Gasteiger partial charge in [0.05, 0.1) is 6.61 Å². The molecule has 1 amide bonds. The van der Waals surface area contributed by atoms with Crippen molar-refractivity contribution in [3.8, 4) is 0 Å². The average molecular weight is 309 g/mol. The van der Waals surface area contributed by atoms with E-state index in [2.05, 4.69) is 5.32 Å². The van der Waals surface area contributed by atoms with Gasteiger partial charge in [0.1, 0.15) is 6.04 Å². The third kappa shape index (κ3) is 5.99. The van der Waals surface area contributed by atoms with Crippen molar-refractivity contribution in [2.75, 3.05) is 12.4 Å². The summed E-state index contributed by atoms with van der Waals surface area (Å²) in [5.41, 5.74) is 0.433. The summed E-state index contributed by atoms with van der Waals surface area (Å²) in [4.78, 5) is 35.6. The minimum atomic E-state index is -0.954. The predicted molar refractivity (Wildman–Crippen MR) is 82.1 cm³/mol. The largest absolute Gasteiger partial charge is 0.464 e. The van der Waals surface area contributed by atoms with Gasteiger partial charge in [0, 0.05) is 12.0 Å². The first-order valence-electron chi connectivity index (χ1n) is 6.76. The standard InChI is InChI=1S/C15H19NO4S/c1-3-20-15(19)12(10-13(17)21-4-2)16-14(18)11-8-6-5-7-9-11/h5-9,12H,3-4,10H2,1-2H3,(H,16,18)/t12-/m1/s1. The molecule has 0 aliphatic carbocycles. The fourth-order valence-corrected chi connectivity index (χ4v) is 2.26. The van der Waals surface area contributed by atoms with Gasteiger partial charge in [-0.3, -0.25) is 9.59 Å². The minimum Gasteiger partial charge on any atom is -0.464 e. The van der Waals surface area contributed by atoms with E-state index in [1.165, 1.54) is 0 Å². The van der Waals surface area contributed by atoms with Crippen LogP contribution in [0.15, 0.2) is 30.3 Å². The van der Waals surface area contributed by atoms with Crippen molar-refractivity contribution in [2.24, 2.45) is 0 Å². The number of carbonyl (C=O) groups excluding carboxylic acids is 3. The molecule has 1 N–H and O–H groups in total. The molecule has 1 atom stereocenters. The highest BCUT2D eigenvalue weighted by Gasteiger charge is 2.25. The molecule has 0 aliphatic heterocycles. The van der Waals surface area contributed by atoms with Crippen LogP contribution in [0.5, 0.6) is 0 Å². The van der Waals surface area contributed by atoms with E-state index in [0.717, 1.165) is 11.8 Å². The van der Waals surface area contributed by atoms with Crippen molar-refractivity contribution >= 4 is 28.8 Å². The molecule has 1 aromatic carbocycles. The van der Waals surface area contributed by atoms with Crippen LogP contribution in [0.2, 0.25) is 0 Å². The number of carbonyl (C=O) groups is 3. The lowest BCUT2D eigenvalue weighted by Gasteiger charge is -2.16. The van der Waals surface area contributed by atoms with Crippen LogP contribution in [0.25, 0.3) is 0 Å². The van der Waals surface area contributed by atoms with Gasteiger partial charge in [-0.2, -0.15) is 0 Å². The second kappa shape index (κ2) is 9.18. The third-order valence-electron chi connectivity index (χ3n) is 2.59. The van der Waals surface area contributed by atoms with Crippen molar-refractivity contribution < 1.29 is 19.1 Å². The number of nitrogens with one attached hydrogen (secondary N) is 1. The highest BCUT2D eigenvalue weighted by molar-refractivity contribution is 8.13. The summed E-state index contributed by atoms with van der Waals surface area (Å²) in [6.07, 6.45) is -0.0735. The van der Waals surface area contributed by atoms with Crippen molar-refractivity contribution in [3.05, 3.63) is 35.9 Å². The Kier molecular flexibility index (Phi) is 7.53. The predicted octanol–water partition coefficient (Wildman–Crippen LogP) is 2.02. The Morgan fingerprint density at radius 1 is 1.19 bits per heavy atom. The van der Waals surface area contributed by atoms with Gasteiger partial charge >= 0.3 is 5.97 Å². The monoisotopic (exact) mass is 309 g/mol. The molecule has 1 rings (SSSR count). The molecule has 1 aromatic rings. The Hall–Kier alpha value is -1.82. The third-order valence-corrected chi connectivity index (χ3v) is 3.37. The van der Waals surface area contributed by atoms with Crippen LogP contribution in [0.4, 0.5) is 0 Å². The van der Waals surface area contributed by atoms with Crippen LogP contribution >= 0.6 is 11.8 Å². The van der Waals surface area contributed by atoms with E-state index in [9.17, 15) is 14.4 Å². The van der Waals surface area contributed by atoms with Gasteiger partial charge in [0.25, 0.3) is 5.91 Å². The molecule has 0 bridgehead atoms. The normalized spacial score (nSPS) is 11.5. The Bertz CT molecular complexity index is 490. The summed E-state index contributed by atoms with van der Waals surface area (Å²) < 4.78 is 4.90. The fourth-order valence-electron chi connectivity index (χ4n) is 1.65. The molecule has 0 spiro atoms. The molecule has 5 nitrogen and oxygen atoms in total. The van der Waals surface area contributed by atoms with E-state index < -0.39 is 17.9 Å². The highest BCUT2D eigenvalue weighted by Crippen LogP contribution is 2.09. The molecule has 0 aliphatic rings. The van der Waals surface area contributed by atoms with Gasteiger partial charge in [-0.1, -0.05) is 36.9 Å². The summed E-state index contributed by atoms with van der Waals surface area (Å²) in [7, 11) is 0. The van der Waals surface area contributed by atoms with E-state index in [0.29, 0.717) is 11.3 Å². The van der Waals surface area contributed by atoms with Crippen molar-refractivity contribution in [1.29, 1.82) is 0 Å². The first-order chi connectivity index (χ1) is 10.1. The summed E-state index contributed by atoms with van der Waals surface area (Å²) >= 11 is 1.12. The van der Waals surface area contributed by atoms with E-state index in [-0.39, 0.29) is 18.1 Å². The van der Waals surface area contributed by atoms with Gasteiger partial charge in [0.2, 0.25) is 0 Å². The lowest BCUT2D eigenvalue weighted by Crippen LogP contribution is -2.43. The molecule has 0 heterocycles. The van der Waals surface area contributed by atoms with Crippen LogP contribution < -0.4 is 5.32 Å². The Morgan fingerprint density at radius 2 is 1.86 bits per heavy atom. The van der Waals surface area contributed by atoms with E-state index in [4.69, 9.17) is 4.74 Å². The first kappa shape index (κ1) is 17.2. The number of esters is 1. The first-order valence-corrected chi connectivity index (χ1v) is 7.75. The lowest BCUT2D eigenvalue weighted by molar-refractivity contribution is -0.146. The van der Waals surface area contributed by atoms with Crippen molar-refractivity contribution in [2.45, 2.75) is 26.3 Å². The van der Waals surface area contributed by atoms with Gasteiger partial charge in [-0.25, -0.2) is 4.79 Å². The van der Waals surface area contributed by atoms with Crippen LogP contribution in [-0.4, -0.2) is 35.4 Å². The topological polar surface area (TPSA) is 72.5 Å². The molecule has 0 saturated carbocycles. The molecule has 6 heteroatoms. The maximum atomic E-state index is 12.1. The smallest absolute Gasteiger partial charge is 0.329 e. The SMILES string of the molecule is CCOC(=O)[C@@H](CC(=O)SCC)NC(=O)c1ccccc1. The summed E-state index contributed by atoms with van der Waals surface area (Å²) in [5, 5.41) is 2.41. The molecule has 0 fully saturated rings. The molecule has 21 heavy (non-hydrogen) atoms. The summed E-state index contributed by atoms with van der Waals surface area (Å²) in [6, 6.07) is 7.57. The Morgan fingerprint density at radius 3 is 2.43 bits per heavy atom. The second-order valence-corrected chi connectivity index (χ2v) is 5.47. The van der Waals surface area contributed by atoms with E-state index >= 15 is 0 Å². The molecule has 0 unspecified atom stereocenters. The highest BCUT2D eigenvalue weighted by atomic mass is 32.2. The summed E-state index contributed by atoms with van der Waals surface area (Å²) in [6.45, 7) is 3.73. The number of rotatable bonds is 7. The van der Waals surface area contributed by atoms with Gasteiger partial charge < -0.3 is 10.1 Å². The van der Waals surface area contributed by atoms with Crippen LogP contribution in [0.3, 0.4) is 0 Å². The Balaban J connectivity index is 2.74. The zero-order chi connectivity index (χ0) is 15.7. The zero-order valence-electron chi connectivity index (χ0n) is 12.1. The molecular weight excluding hydrogens is 290 g/mol. The van der Waals surface area contributed by atoms with Gasteiger partial charge in [0.15, 0.2) is 5.12 Å². The maximum Gasteiger partial charge on any atom is 0.329 e. The van der Waals surface area contributed by atoms with Crippen molar-refractivity contribution in [3.63, 3.8) is 0 Å². The van der Waals surface area contributed by atoms with Crippen LogP contribution in [0, 0.1) is 0 Å². The van der Waals surface area contributed by atoms with Gasteiger partial charge in [-0.05, 0) is 24.8 Å². The van der Waals surface area contributed by atoms with Crippen LogP contribution in [-0.2, 0) is 14.3 Å². The minimum absolute atomic E-state index is 0.0735. The fraction of sp³-hybridized carbons (Fsp3) is 0.400. The molecular formula is C15H19NO4S. The maximum absolute atomic E-state index is 12.1. The van der Waals surface area contributed by atoms with E-state index in [1.54, 1.807) is 37.3 Å². The summed E-state index contributed by atoms with van der Waals surface area (Å²) in [5.74, 6) is -0.365. The number of ether oxygens (including phenoxy) is 1. The number of thioether (sulfide) groups is 1. The van der Waals surface area contributed by atoms with Gasteiger partial charge in [-0.15, -0.1) is 0 Å². The average Bonchev–Trinajstić information content (AvgIpc) is 2.48. The Labute approximate surface area is 128 Å². The molecule has 114 valence electrons. The van der Waals surface area contributed by atoms with E-state index in [1.807, 2.05) is 6.92 Å². The second-order valence-electron chi connectivity index (χ2n) is 4.15. The molecule has 0 radical (unpaired) electrons. The molecule has 0 saturated heterocycles. The zero-order valence-corrected chi connectivity index (χ0v) is 12.9. The number of hydrogen-bond donors (Lipinski definition) is 1.